The summed E-state index contributed by atoms with van der Waals surface area (Å²) < 4.78 is 60.8. The van der Waals surface area contributed by atoms with Crippen molar-refractivity contribution in [2.45, 2.75) is 26.3 Å². The second-order valence-corrected chi connectivity index (χ2v) is 5.96. The van der Waals surface area contributed by atoms with E-state index in [-0.39, 0.29) is 24.3 Å². The first-order valence-corrected chi connectivity index (χ1v) is 8.24. The van der Waals surface area contributed by atoms with E-state index in [1.807, 2.05) is 6.92 Å². The van der Waals surface area contributed by atoms with Crippen LogP contribution < -0.4 is 5.32 Å². The summed E-state index contributed by atoms with van der Waals surface area (Å²) in [6.45, 7) is 1.64. The maximum absolute atomic E-state index is 14.2. The molecule has 2 heterocycles. The Labute approximate surface area is 161 Å². The van der Waals surface area contributed by atoms with Crippen molar-refractivity contribution in [3.8, 4) is 11.4 Å². The number of carbonyl (C=O) groups is 1. The van der Waals surface area contributed by atoms with Crippen molar-refractivity contribution in [1.82, 2.24) is 20.4 Å². The summed E-state index contributed by atoms with van der Waals surface area (Å²) in [6.07, 6.45) is -3.98. The minimum atomic E-state index is -4.79. The van der Waals surface area contributed by atoms with E-state index >= 15 is 0 Å². The van der Waals surface area contributed by atoms with Gasteiger partial charge in [0, 0.05) is 35.1 Å². The predicted molar refractivity (Wildman–Crippen MR) is 90.7 cm³/mol. The molecule has 1 amide bonds. The van der Waals surface area contributed by atoms with E-state index in [1.165, 1.54) is 12.1 Å². The average molecular weight is 410 g/mol. The number of rotatable bonds is 5. The van der Waals surface area contributed by atoms with Crippen LogP contribution in [-0.2, 0) is 24.1 Å². The largest absolute Gasteiger partial charge is 0.471 e. The van der Waals surface area contributed by atoms with Gasteiger partial charge in [0.05, 0.1) is 0 Å². The van der Waals surface area contributed by atoms with Crippen molar-refractivity contribution >= 4 is 6.09 Å². The molecule has 0 atom stereocenters. The first kappa shape index (κ1) is 20.2. The molecule has 0 radical (unpaired) electrons. The second kappa shape index (κ2) is 8.25. The first-order chi connectivity index (χ1) is 13.7. The maximum Gasteiger partial charge on any atom is 0.471 e. The molecule has 0 fully saturated rings. The van der Waals surface area contributed by atoms with Crippen LogP contribution in [0.1, 0.15) is 22.7 Å². The van der Waals surface area contributed by atoms with Crippen molar-refractivity contribution in [2.75, 3.05) is 0 Å². The number of aryl methyl sites for hydroxylation is 1. The highest BCUT2D eigenvalue weighted by Crippen LogP contribution is 2.29. The lowest BCUT2D eigenvalue weighted by molar-refractivity contribution is -0.159. The number of nitrogens with one attached hydrogen (secondary N) is 1. The summed E-state index contributed by atoms with van der Waals surface area (Å²) in [5, 5.41) is 5.57. The summed E-state index contributed by atoms with van der Waals surface area (Å²) in [5.74, 6) is -2.68. The van der Waals surface area contributed by atoms with Crippen LogP contribution in [0.3, 0.4) is 0 Å². The number of pyridine rings is 1. The number of amides is 1. The van der Waals surface area contributed by atoms with Gasteiger partial charge in [-0.25, -0.2) is 9.18 Å². The highest BCUT2D eigenvalue weighted by atomic mass is 19.4. The summed E-state index contributed by atoms with van der Waals surface area (Å²) in [7, 11) is 0. The van der Waals surface area contributed by atoms with Gasteiger partial charge >= 0.3 is 18.2 Å². The van der Waals surface area contributed by atoms with Gasteiger partial charge in [0.15, 0.2) is 0 Å². The number of alkyl halides is 3. The average Bonchev–Trinajstić information content (AvgIpc) is 3.17. The number of benzene rings is 1. The standard InChI is InChI=1S/C18H14F4N4O3/c1-10-2-3-11(7-23-10)9-28-17(27)24-8-13-5-4-12(6-14(13)19)15-25-16(29-26-15)18(20,21)22/h2-7H,8-9H2,1H3,(H,24,27). The fraction of sp³-hybridized carbons (Fsp3) is 0.222. The Balaban J connectivity index is 1.57. The summed E-state index contributed by atoms with van der Waals surface area (Å²) in [6, 6.07) is 7.09. The SMILES string of the molecule is Cc1ccc(COC(=O)NCc2ccc(-c3noc(C(F)(F)F)n3)cc2F)cn1. The van der Waals surface area contributed by atoms with Crippen LogP contribution in [0.25, 0.3) is 11.4 Å². The number of halogens is 4. The zero-order valence-corrected chi connectivity index (χ0v) is 15.0. The van der Waals surface area contributed by atoms with Gasteiger partial charge in [-0.1, -0.05) is 23.4 Å². The van der Waals surface area contributed by atoms with E-state index in [2.05, 4.69) is 25.0 Å². The van der Waals surface area contributed by atoms with Gasteiger partial charge in [-0.2, -0.15) is 18.2 Å². The van der Waals surface area contributed by atoms with Crippen LogP contribution in [0, 0.1) is 12.7 Å². The molecule has 3 aromatic rings. The van der Waals surface area contributed by atoms with E-state index in [9.17, 15) is 22.4 Å². The fourth-order valence-corrected chi connectivity index (χ4v) is 2.24. The van der Waals surface area contributed by atoms with Crippen molar-refractivity contribution in [3.05, 3.63) is 65.1 Å². The molecular formula is C18H14F4N4O3. The monoisotopic (exact) mass is 410 g/mol. The van der Waals surface area contributed by atoms with Gasteiger partial charge < -0.3 is 14.6 Å². The number of aromatic nitrogens is 3. The number of ether oxygens (including phenoxy) is 1. The van der Waals surface area contributed by atoms with Gasteiger partial charge in [-0.05, 0) is 19.1 Å². The van der Waals surface area contributed by atoms with Crippen LogP contribution in [0.4, 0.5) is 22.4 Å². The summed E-state index contributed by atoms with van der Waals surface area (Å²) in [5.41, 5.74) is 1.62. The Hall–Kier alpha value is -3.50. The van der Waals surface area contributed by atoms with Crippen LogP contribution in [0.2, 0.25) is 0 Å². The number of alkyl carbamates (subject to hydrolysis) is 1. The van der Waals surface area contributed by atoms with E-state index < -0.39 is 29.8 Å². The van der Waals surface area contributed by atoms with Gasteiger partial charge in [0.1, 0.15) is 12.4 Å². The Bertz CT molecular complexity index is 1000. The Kier molecular flexibility index (Phi) is 5.76. The van der Waals surface area contributed by atoms with Crippen LogP contribution in [-0.4, -0.2) is 21.2 Å². The molecule has 0 saturated carbocycles. The lowest BCUT2D eigenvalue weighted by atomic mass is 10.1. The molecule has 0 aliphatic rings. The molecule has 152 valence electrons. The molecule has 11 heteroatoms. The van der Waals surface area contributed by atoms with Crippen LogP contribution >= 0.6 is 0 Å². The molecule has 7 nitrogen and oxygen atoms in total. The van der Waals surface area contributed by atoms with E-state index in [0.717, 1.165) is 11.8 Å². The van der Waals surface area contributed by atoms with Gasteiger partial charge in [0.2, 0.25) is 5.82 Å². The Morgan fingerprint density at radius 3 is 2.66 bits per heavy atom. The Morgan fingerprint density at radius 1 is 1.24 bits per heavy atom. The molecule has 0 bridgehead atoms. The molecule has 0 spiro atoms. The zero-order chi connectivity index (χ0) is 21.0. The molecule has 0 saturated heterocycles. The lowest BCUT2D eigenvalue weighted by Crippen LogP contribution is -2.24. The molecule has 0 aliphatic carbocycles. The number of hydrogen-bond acceptors (Lipinski definition) is 6. The molecule has 0 aliphatic heterocycles. The van der Waals surface area contributed by atoms with Crippen molar-refractivity contribution in [3.63, 3.8) is 0 Å². The smallest absolute Gasteiger partial charge is 0.445 e. The molecule has 3 rings (SSSR count). The molecule has 29 heavy (non-hydrogen) atoms. The topological polar surface area (TPSA) is 90.1 Å². The van der Waals surface area contributed by atoms with Gasteiger partial charge in [-0.3, -0.25) is 4.98 Å². The van der Waals surface area contributed by atoms with E-state index in [4.69, 9.17) is 4.74 Å². The third-order valence-electron chi connectivity index (χ3n) is 3.75. The fourth-order valence-electron chi connectivity index (χ4n) is 2.24. The molecule has 1 N–H and O–H groups in total. The number of hydrogen-bond donors (Lipinski definition) is 1. The highest BCUT2D eigenvalue weighted by Gasteiger charge is 2.38. The summed E-state index contributed by atoms with van der Waals surface area (Å²) >= 11 is 0. The van der Waals surface area contributed by atoms with Crippen LogP contribution in [0.5, 0.6) is 0 Å². The lowest BCUT2D eigenvalue weighted by Gasteiger charge is -2.08. The second-order valence-electron chi connectivity index (χ2n) is 5.96. The molecule has 2 aromatic heterocycles. The van der Waals surface area contributed by atoms with E-state index in [1.54, 1.807) is 18.3 Å². The molecule has 1 aromatic carbocycles. The first-order valence-electron chi connectivity index (χ1n) is 8.24. The van der Waals surface area contributed by atoms with Crippen molar-refractivity contribution < 1.29 is 31.6 Å². The minimum absolute atomic E-state index is 0.0000485. The third-order valence-corrected chi connectivity index (χ3v) is 3.75. The maximum atomic E-state index is 14.2. The zero-order valence-electron chi connectivity index (χ0n) is 15.0. The molecular weight excluding hydrogens is 396 g/mol. The number of nitrogens with zero attached hydrogens (tertiary/aromatic N) is 3. The van der Waals surface area contributed by atoms with Crippen molar-refractivity contribution in [1.29, 1.82) is 0 Å². The van der Waals surface area contributed by atoms with Gasteiger partial charge in [-0.15, -0.1) is 0 Å². The quantitative estimate of drug-likeness (QED) is 0.639. The summed E-state index contributed by atoms with van der Waals surface area (Å²) in [4.78, 5) is 19.0. The highest BCUT2D eigenvalue weighted by molar-refractivity contribution is 5.67. The number of carbonyl (C=O) groups excluding carboxylic acids is 1. The minimum Gasteiger partial charge on any atom is -0.445 e. The predicted octanol–water partition coefficient (Wildman–Crippen LogP) is 4.02. The normalized spacial score (nSPS) is 11.3. The van der Waals surface area contributed by atoms with E-state index in [0.29, 0.717) is 5.56 Å². The van der Waals surface area contributed by atoms with Crippen LogP contribution in [0.15, 0.2) is 41.1 Å². The third kappa shape index (κ3) is 5.27. The van der Waals surface area contributed by atoms with Gasteiger partial charge in [0.25, 0.3) is 0 Å². The Morgan fingerprint density at radius 2 is 2.03 bits per heavy atom. The van der Waals surface area contributed by atoms with Crippen molar-refractivity contribution in [2.24, 2.45) is 0 Å². The molecule has 0 unspecified atom stereocenters.